The standard InChI is InChI=1S/C17H21Cl2NO3/c1-3-4-5-12-6-8-13(9-7-12)20-14(21)10-23-15(22)16(2)11-17(16,18)19/h6-9H,3-5,10-11H2,1-2H3,(H,20,21)/t16-/m0/s1. The van der Waals surface area contributed by atoms with Crippen molar-refractivity contribution in [1.29, 1.82) is 0 Å². The topological polar surface area (TPSA) is 55.4 Å². The molecule has 1 atom stereocenters. The molecule has 1 aromatic carbocycles. The van der Waals surface area contributed by atoms with Gasteiger partial charge in [0.25, 0.3) is 5.91 Å². The summed E-state index contributed by atoms with van der Waals surface area (Å²) in [5.41, 5.74) is 0.989. The van der Waals surface area contributed by atoms with Gasteiger partial charge in [0.2, 0.25) is 0 Å². The van der Waals surface area contributed by atoms with Gasteiger partial charge < -0.3 is 10.1 Å². The first-order valence-corrected chi connectivity index (χ1v) is 8.48. The molecule has 1 fully saturated rings. The monoisotopic (exact) mass is 357 g/mol. The van der Waals surface area contributed by atoms with Crippen LogP contribution in [0.1, 0.15) is 38.7 Å². The van der Waals surface area contributed by atoms with Crippen LogP contribution in [0.3, 0.4) is 0 Å². The van der Waals surface area contributed by atoms with Crippen LogP contribution in [0.25, 0.3) is 0 Å². The number of hydrogen-bond acceptors (Lipinski definition) is 3. The molecule has 0 radical (unpaired) electrons. The van der Waals surface area contributed by atoms with Crippen LogP contribution < -0.4 is 5.32 Å². The lowest BCUT2D eigenvalue weighted by molar-refractivity contribution is -0.152. The van der Waals surface area contributed by atoms with E-state index >= 15 is 0 Å². The number of unbranched alkanes of at least 4 members (excludes halogenated alkanes) is 1. The van der Waals surface area contributed by atoms with E-state index in [0.29, 0.717) is 12.1 Å². The Labute approximate surface area is 146 Å². The largest absolute Gasteiger partial charge is 0.455 e. The summed E-state index contributed by atoms with van der Waals surface area (Å²) in [6.07, 6.45) is 3.65. The highest BCUT2D eigenvalue weighted by atomic mass is 35.5. The van der Waals surface area contributed by atoms with Crippen molar-refractivity contribution in [3.63, 3.8) is 0 Å². The number of nitrogens with one attached hydrogen (secondary N) is 1. The number of amides is 1. The molecule has 126 valence electrons. The van der Waals surface area contributed by atoms with E-state index in [9.17, 15) is 9.59 Å². The summed E-state index contributed by atoms with van der Waals surface area (Å²) in [7, 11) is 0. The molecule has 0 spiro atoms. The van der Waals surface area contributed by atoms with E-state index < -0.39 is 21.6 Å². The molecule has 1 N–H and O–H groups in total. The summed E-state index contributed by atoms with van der Waals surface area (Å²) in [4.78, 5) is 23.7. The number of alkyl halides is 2. The summed E-state index contributed by atoms with van der Waals surface area (Å²) in [5.74, 6) is -0.939. The minimum atomic E-state index is -1.09. The number of rotatable bonds is 7. The molecule has 0 aromatic heterocycles. The number of benzene rings is 1. The van der Waals surface area contributed by atoms with Gasteiger partial charge in [-0.05, 0) is 37.5 Å². The maximum absolute atomic E-state index is 11.9. The van der Waals surface area contributed by atoms with Gasteiger partial charge in [-0.3, -0.25) is 9.59 Å². The molecule has 0 bridgehead atoms. The molecule has 4 nitrogen and oxygen atoms in total. The van der Waals surface area contributed by atoms with Crippen molar-refractivity contribution >= 4 is 40.8 Å². The van der Waals surface area contributed by atoms with Crippen LogP contribution in [-0.4, -0.2) is 22.8 Å². The van der Waals surface area contributed by atoms with Crippen molar-refractivity contribution < 1.29 is 14.3 Å². The number of aryl methyl sites for hydroxylation is 1. The van der Waals surface area contributed by atoms with Crippen molar-refractivity contribution in [2.75, 3.05) is 11.9 Å². The van der Waals surface area contributed by atoms with E-state index in [4.69, 9.17) is 27.9 Å². The van der Waals surface area contributed by atoms with E-state index in [2.05, 4.69) is 12.2 Å². The maximum Gasteiger partial charge on any atom is 0.315 e. The smallest absolute Gasteiger partial charge is 0.315 e. The zero-order chi connectivity index (χ0) is 17.1. The number of halogens is 2. The molecule has 1 aliphatic rings. The highest BCUT2D eigenvalue weighted by Crippen LogP contribution is 2.64. The number of carbonyl (C=O) groups is 2. The number of ether oxygens (including phenoxy) is 1. The molecule has 1 aromatic rings. The Balaban J connectivity index is 1.78. The maximum atomic E-state index is 11.9. The second-order valence-electron chi connectivity index (χ2n) is 6.14. The Morgan fingerprint density at radius 1 is 1.26 bits per heavy atom. The minimum absolute atomic E-state index is 0.336. The molecule has 0 unspecified atom stereocenters. The van der Waals surface area contributed by atoms with E-state index in [-0.39, 0.29) is 6.61 Å². The Morgan fingerprint density at radius 3 is 2.39 bits per heavy atom. The molecular formula is C17H21Cl2NO3. The van der Waals surface area contributed by atoms with Crippen LogP contribution in [0.15, 0.2) is 24.3 Å². The van der Waals surface area contributed by atoms with Gasteiger partial charge >= 0.3 is 5.97 Å². The molecular weight excluding hydrogens is 337 g/mol. The first-order chi connectivity index (χ1) is 10.8. The Bertz CT molecular complexity index is 586. The fourth-order valence-corrected chi connectivity index (χ4v) is 2.93. The molecule has 1 amide bonds. The number of esters is 1. The van der Waals surface area contributed by atoms with Gasteiger partial charge in [0.1, 0.15) is 9.75 Å². The van der Waals surface area contributed by atoms with E-state index in [1.807, 2.05) is 24.3 Å². The zero-order valence-electron chi connectivity index (χ0n) is 13.3. The first kappa shape index (κ1) is 18.1. The highest BCUT2D eigenvalue weighted by molar-refractivity contribution is 6.53. The van der Waals surface area contributed by atoms with Crippen molar-refractivity contribution in [1.82, 2.24) is 0 Å². The van der Waals surface area contributed by atoms with Crippen LogP contribution in [0.2, 0.25) is 0 Å². The molecule has 1 aliphatic carbocycles. The van der Waals surface area contributed by atoms with Gasteiger partial charge in [-0.15, -0.1) is 23.2 Å². The average Bonchev–Trinajstić information content (AvgIpc) is 3.04. The van der Waals surface area contributed by atoms with Crippen molar-refractivity contribution in [3.8, 4) is 0 Å². The van der Waals surface area contributed by atoms with E-state index in [1.165, 1.54) is 5.56 Å². The second kappa shape index (κ2) is 7.10. The Hall–Kier alpha value is -1.26. The summed E-state index contributed by atoms with van der Waals surface area (Å²) in [6, 6.07) is 7.65. The zero-order valence-corrected chi connectivity index (χ0v) is 14.8. The predicted molar refractivity (Wildman–Crippen MR) is 91.8 cm³/mol. The summed E-state index contributed by atoms with van der Waals surface area (Å²) >= 11 is 11.8. The normalized spacial score (nSPS) is 21.6. The average molecular weight is 358 g/mol. The summed E-state index contributed by atoms with van der Waals surface area (Å²) in [5, 5.41) is 2.69. The third-order valence-electron chi connectivity index (χ3n) is 4.10. The van der Waals surface area contributed by atoms with E-state index in [0.717, 1.165) is 19.3 Å². The summed E-state index contributed by atoms with van der Waals surface area (Å²) in [6.45, 7) is 3.43. The molecule has 23 heavy (non-hydrogen) atoms. The van der Waals surface area contributed by atoms with Gasteiger partial charge in [0.15, 0.2) is 6.61 Å². The fraction of sp³-hybridized carbons (Fsp3) is 0.529. The predicted octanol–water partition coefficient (Wildman–Crippen LogP) is 4.09. The summed E-state index contributed by atoms with van der Waals surface area (Å²) < 4.78 is 3.91. The SMILES string of the molecule is CCCCc1ccc(NC(=O)COC(=O)[C@]2(C)CC2(Cl)Cl)cc1. The van der Waals surface area contributed by atoms with Gasteiger partial charge in [0.05, 0.1) is 0 Å². The van der Waals surface area contributed by atoms with Gasteiger partial charge in [0, 0.05) is 12.1 Å². The van der Waals surface area contributed by atoms with Crippen LogP contribution >= 0.6 is 23.2 Å². The molecule has 2 rings (SSSR count). The number of carbonyl (C=O) groups excluding carboxylic acids is 2. The second-order valence-corrected chi connectivity index (χ2v) is 7.62. The van der Waals surface area contributed by atoms with E-state index in [1.54, 1.807) is 6.92 Å². The third-order valence-corrected chi connectivity index (χ3v) is 5.20. The van der Waals surface area contributed by atoms with Crippen LogP contribution in [0.5, 0.6) is 0 Å². The minimum Gasteiger partial charge on any atom is -0.455 e. The molecule has 6 heteroatoms. The number of anilines is 1. The van der Waals surface area contributed by atoms with Gasteiger partial charge in [-0.25, -0.2) is 0 Å². The quantitative estimate of drug-likeness (QED) is 0.590. The van der Waals surface area contributed by atoms with Crippen LogP contribution in [0.4, 0.5) is 5.69 Å². The van der Waals surface area contributed by atoms with Gasteiger partial charge in [-0.2, -0.15) is 0 Å². The lowest BCUT2D eigenvalue weighted by atomic mass is 10.1. The van der Waals surface area contributed by atoms with Crippen LogP contribution in [0, 0.1) is 5.41 Å². The van der Waals surface area contributed by atoms with Gasteiger partial charge in [-0.1, -0.05) is 25.5 Å². The molecule has 0 aliphatic heterocycles. The van der Waals surface area contributed by atoms with Crippen molar-refractivity contribution in [2.24, 2.45) is 5.41 Å². The first-order valence-electron chi connectivity index (χ1n) is 7.72. The molecule has 1 saturated carbocycles. The van der Waals surface area contributed by atoms with Crippen molar-refractivity contribution in [2.45, 2.75) is 43.9 Å². The lowest BCUT2D eigenvalue weighted by Crippen LogP contribution is -2.26. The van der Waals surface area contributed by atoms with Crippen molar-refractivity contribution in [3.05, 3.63) is 29.8 Å². The Kier molecular flexibility index (Phi) is 5.58. The lowest BCUT2D eigenvalue weighted by Gasteiger charge is -2.12. The molecule has 0 heterocycles. The molecule has 0 saturated heterocycles. The third kappa shape index (κ3) is 4.39. The Morgan fingerprint density at radius 2 is 1.87 bits per heavy atom. The van der Waals surface area contributed by atoms with Crippen LogP contribution in [-0.2, 0) is 20.7 Å². The number of hydrogen-bond donors (Lipinski definition) is 1. The highest BCUT2D eigenvalue weighted by Gasteiger charge is 2.69. The fourth-order valence-electron chi connectivity index (χ4n) is 2.24.